The van der Waals surface area contributed by atoms with Gasteiger partial charge >= 0.3 is 5.97 Å². The highest BCUT2D eigenvalue weighted by atomic mass is 16.4. The van der Waals surface area contributed by atoms with Crippen molar-refractivity contribution in [3.63, 3.8) is 0 Å². The Bertz CT molecular complexity index is 1370. The van der Waals surface area contributed by atoms with Crippen molar-refractivity contribution in [3.05, 3.63) is 88.5 Å². The molecule has 0 fully saturated rings. The Hall–Kier alpha value is -3.40. The number of hydrogen-bond acceptors (Lipinski definition) is 3. The van der Waals surface area contributed by atoms with Gasteiger partial charge in [-0.25, -0.2) is 9.79 Å². The van der Waals surface area contributed by atoms with Gasteiger partial charge in [-0.15, -0.1) is 0 Å². The van der Waals surface area contributed by atoms with Crippen molar-refractivity contribution in [2.45, 2.75) is 77.6 Å². The van der Waals surface area contributed by atoms with Gasteiger partial charge in [0.1, 0.15) is 0 Å². The van der Waals surface area contributed by atoms with Crippen molar-refractivity contribution in [1.29, 1.82) is 0 Å². The van der Waals surface area contributed by atoms with E-state index in [1.807, 2.05) is 18.2 Å². The summed E-state index contributed by atoms with van der Waals surface area (Å²) in [6.45, 7) is 12.6. The van der Waals surface area contributed by atoms with Crippen LogP contribution in [0.3, 0.4) is 0 Å². The van der Waals surface area contributed by atoms with Crippen molar-refractivity contribution in [3.8, 4) is 0 Å². The van der Waals surface area contributed by atoms with Gasteiger partial charge in [0.05, 0.1) is 28.3 Å². The molecule has 1 N–H and O–H groups in total. The molecule has 4 heteroatoms. The van der Waals surface area contributed by atoms with Crippen LogP contribution >= 0.6 is 0 Å². The Balaban J connectivity index is 1.80. The van der Waals surface area contributed by atoms with Crippen molar-refractivity contribution >= 4 is 28.7 Å². The molecule has 4 nitrogen and oxygen atoms in total. The lowest BCUT2D eigenvalue weighted by Gasteiger charge is -2.43. The normalized spacial score (nSPS) is 17.2. The number of rotatable bonds is 6. The average molecular weight is 495 g/mol. The molecule has 0 unspecified atom stereocenters. The number of benzene rings is 3. The molecule has 1 aliphatic carbocycles. The maximum atomic E-state index is 11.5. The number of para-hydroxylation sites is 2. The standard InChI is InChI=1S/C33H38N2O2/c1-6-7-10-19-35-28-12-9-8-11-27(28)34-30(22-13-15-23(16-14-22)31(36)37)24-20-25-26(21-29(24)35)33(4,5)18-17-32(25,2)3/h8-9,11-16,20-21H,6-7,10,17-19H2,1-5H3,(H,36,37). The van der Waals surface area contributed by atoms with Crippen LogP contribution in [0, 0.1) is 0 Å². The molecule has 2 aliphatic rings. The number of anilines is 2. The quantitative estimate of drug-likeness (QED) is 0.349. The molecule has 0 atom stereocenters. The van der Waals surface area contributed by atoms with Crippen molar-refractivity contribution in [2.75, 3.05) is 11.4 Å². The maximum Gasteiger partial charge on any atom is 0.335 e. The fourth-order valence-corrected chi connectivity index (χ4v) is 5.86. The molecule has 1 aliphatic heterocycles. The molecular formula is C33H38N2O2. The van der Waals surface area contributed by atoms with Crippen LogP contribution in [0.15, 0.2) is 65.7 Å². The minimum Gasteiger partial charge on any atom is -0.478 e. The van der Waals surface area contributed by atoms with E-state index >= 15 is 0 Å². The van der Waals surface area contributed by atoms with E-state index in [0.717, 1.165) is 54.0 Å². The van der Waals surface area contributed by atoms with Crippen LogP contribution in [0.25, 0.3) is 0 Å². The van der Waals surface area contributed by atoms with E-state index in [1.165, 1.54) is 29.7 Å². The number of nitrogens with zero attached hydrogens (tertiary/aromatic N) is 2. The third-order valence-electron chi connectivity index (χ3n) is 8.31. The fourth-order valence-electron chi connectivity index (χ4n) is 5.86. The molecule has 0 radical (unpaired) electrons. The zero-order valence-corrected chi connectivity index (χ0v) is 22.8. The summed E-state index contributed by atoms with van der Waals surface area (Å²) in [6.07, 6.45) is 5.77. The first-order valence-electron chi connectivity index (χ1n) is 13.6. The summed E-state index contributed by atoms with van der Waals surface area (Å²) < 4.78 is 0. The second-order valence-electron chi connectivity index (χ2n) is 11.9. The molecule has 3 aromatic rings. The number of fused-ring (bicyclic) bond motifs is 3. The van der Waals surface area contributed by atoms with Gasteiger partial charge in [-0.1, -0.05) is 71.7 Å². The van der Waals surface area contributed by atoms with Crippen LogP contribution in [0.4, 0.5) is 17.1 Å². The number of carbonyl (C=O) groups is 1. The van der Waals surface area contributed by atoms with Gasteiger partial charge in [0.2, 0.25) is 0 Å². The Morgan fingerprint density at radius 1 is 0.892 bits per heavy atom. The van der Waals surface area contributed by atoms with Crippen LogP contribution in [0.2, 0.25) is 0 Å². The number of unbranched alkanes of at least 4 members (excludes halogenated alkanes) is 2. The largest absolute Gasteiger partial charge is 0.478 e. The molecule has 0 bridgehead atoms. The number of aliphatic imine (C=N–C) groups is 1. The van der Waals surface area contributed by atoms with Crippen LogP contribution in [-0.2, 0) is 10.8 Å². The molecule has 5 rings (SSSR count). The fraction of sp³-hybridized carbons (Fsp3) is 0.394. The highest BCUT2D eigenvalue weighted by Crippen LogP contribution is 2.50. The molecule has 0 saturated heterocycles. The van der Waals surface area contributed by atoms with Crippen molar-refractivity contribution in [1.82, 2.24) is 0 Å². The molecule has 0 spiro atoms. The highest BCUT2D eigenvalue weighted by Gasteiger charge is 2.39. The van der Waals surface area contributed by atoms with E-state index in [-0.39, 0.29) is 16.4 Å². The van der Waals surface area contributed by atoms with Crippen LogP contribution in [0.1, 0.15) is 99.3 Å². The highest BCUT2D eigenvalue weighted by molar-refractivity contribution is 6.19. The summed E-state index contributed by atoms with van der Waals surface area (Å²) in [6, 6.07) is 20.4. The Morgan fingerprint density at radius 3 is 2.19 bits per heavy atom. The average Bonchev–Trinajstić information content (AvgIpc) is 3.01. The van der Waals surface area contributed by atoms with E-state index in [9.17, 15) is 9.90 Å². The van der Waals surface area contributed by atoms with Gasteiger partial charge in [-0.05, 0) is 77.6 Å². The summed E-state index contributed by atoms with van der Waals surface area (Å²) in [7, 11) is 0. The van der Waals surface area contributed by atoms with Gasteiger partial charge in [-0.2, -0.15) is 0 Å². The third kappa shape index (κ3) is 4.58. The van der Waals surface area contributed by atoms with E-state index in [2.05, 4.69) is 69.9 Å². The molecule has 0 saturated carbocycles. The third-order valence-corrected chi connectivity index (χ3v) is 8.31. The zero-order valence-electron chi connectivity index (χ0n) is 22.8. The lowest BCUT2D eigenvalue weighted by molar-refractivity contribution is 0.0697. The van der Waals surface area contributed by atoms with Gasteiger partial charge in [0.25, 0.3) is 0 Å². The molecule has 3 aromatic carbocycles. The molecule has 192 valence electrons. The van der Waals surface area contributed by atoms with Crippen LogP contribution in [-0.4, -0.2) is 23.3 Å². The molecule has 1 heterocycles. The second-order valence-corrected chi connectivity index (χ2v) is 11.9. The predicted octanol–water partition coefficient (Wildman–Crippen LogP) is 8.54. The van der Waals surface area contributed by atoms with Crippen molar-refractivity contribution < 1.29 is 9.90 Å². The summed E-state index contributed by atoms with van der Waals surface area (Å²) in [4.78, 5) is 19.3. The van der Waals surface area contributed by atoms with Gasteiger partial charge in [0, 0.05) is 17.7 Å². The van der Waals surface area contributed by atoms with Gasteiger partial charge < -0.3 is 10.0 Å². The van der Waals surface area contributed by atoms with Crippen LogP contribution < -0.4 is 4.90 Å². The number of hydrogen-bond donors (Lipinski definition) is 1. The first-order chi connectivity index (χ1) is 17.6. The summed E-state index contributed by atoms with van der Waals surface area (Å²) in [5.74, 6) is -0.916. The van der Waals surface area contributed by atoms with Gasteiger partial charge in [-0.3, -0.25) is 0 Å². The first kappa shape index (κ1) is 25.3. The summed E-state index contributed by atoms with van der Waals surface area (Å²) in [5, 5.41) is 9.46. The Labute approximate surface area is 221 Å². The van der Waals surface area contributed by atoms with E-state index in [1.54, 1.807) is 12.1 Å². The zero-order chi connectivity index (χ0) is 26.4. The SMILES string of the molecule is CCCCCN1c2ccccc2N=C(c2ccc(C(=O)O)cc2)c2cc3c(cc21)C(C)(C)CCC3(C)C. The minimum absolute atomic E-state index is 0.0738. The number of carboxylic acids is 1. The number of aromatic carboxylic acids is 1. The predicted molar refractivity (Wildman–Crippen MR) is 153 cm³/mol. The molecule has 37 heavy (non-hydrogen) atoms. The Morgan fingerprint density at radius 2 is 1.54 bits per heavy atom. The lowest BCUT2D eigenvalue weighted by atomic mass is 9.62. The monoisotopic (exact) mass is 494 g/mol. The lowest BCUT2D eigenvalue weighted by Crippen LogP contribution is -2.35. The van der Waals surface area contributed by atoms with E-state index in [4.69, 9.17) is 4.99 Å². The maximum absolute atomic E-state index is 11.5. The molecule has 0 aromatic heterocycles. The molecule has 0 amide bonds. The topological polar surface area (TPSA) is 52.9 Å². The summed E-state index contributed by atoms with van der Waals surface area (Å²) >= 11 is 0. The smallest absolute Gasteiger partial charge is 0.335 e. The summed E-state index contributed by atoms with van der Waals surface area (Å²) in [5.41, 5.74) is 9.53. The number of carboxylic acid groups (broad SMARTS) is 1. The van der Waals surface area contributed by atoms with Crippen LogP contribution in [0.5, 0.6) is 0 Å². The Kier molecular flexibility index (Phi) is 6.47. The van der Waals surface area contributed by atoms with Gasteiger partial charge in [0.15, 0.2) is 0 Å². The van der Waals surface area contributed by atoms with Crippen molar-refractivity contribution in [2.24, 2.45) is 4.99 Å². The van der Waals surface area contributed by atoms with E-state index in [0.29, 0.717) is 0 Å². The molecular weight excluding hydrogens is 456 g/mol. The second kappa shape index (κ2) is 9.48. The first-order valence-corrected chi connectivity index (χ1v) is 13.6. The van der Waals surface area contributed by atoms with E-state index < -0.39 is 5.97 Å². The minimum atomic E-state index is -0.916.